The Hall–Kier alpha value is -2.99. The number of ether oxygens (including phenoxy) is 1. The zero-order valence-corrected chi connectivity index (χ0v) is 17.5. The second-order valence-corrected chi connectivity index (χ2v) is 7.16. The van der Waals surface area contributed by atoms with Crippen molar-refractivity contribution in [3.8, 4) is 0 Å². The van der Waals surface area contributed by atoms with Crippen molar-refractivity contribution in [1.82, 2.24) is 20.0 Å². The summed E-state index contributed by atoms with van der Waals surface area (Å²) in [6.07, 6.45) is -2.57. The number of fused-ring (bicyclic) bond motifs is 1. The van der Waals surface area contributed by atoms with Crippen LogP contribution in [0.25, 0.3) is 0 Å². The van der Waals surface area contributed by atoms with Gasteiger partial charge in [0, 0.05) is 38.9 Å². The minimum atomic E-state index is -5.08. The van der Waals surface area contributed by atoms with Crippen molar-refractivity contribution in [2.24, 2.45) is 0 Å². The number of carboxylic acids is 1. The highest BCUT2D eigenvalue weighted by atomic mass is 19.4. The third-order valence-corrected chi connectivity index (χ3v) is 4.51. The molecule has 1 amide bonds. The Bertz CT molecular complexity index is 931. The smallest absolute Gasteiger partial charge is 0.475 e. The number of carboxylic acid groups (broad SMARTS) is 1. The summed E-state index contributed by atoms with van der Waals surface area (Å²) in [7, 11) is 3.45. The van der Waals surface area contributed by atoms with E-state index in [1.165, 1.54) is 6.07 Å². The van der Waals surface area contributed by atoms with Crippen LogP contribution in [0.4, 0.5) is 17.6 Å². The molecule has 1 aliphatic rings. The molecule has 1 unspecified atom stereocenters. The van der Waals surface area contributed by atoms with Gasteiger partial charge in [-0.15, -0.1) is 0 Å². The van der Waals surface area contributed by atoms with E-state index in [9.17, 15) is 22.4 Å². The molecule has 12 heteroatoms. The third-order valence-electron chi connectivity index (χ3n) is 4.51. The molecule has 1 atom stereocenters. The molecular weight excluding hydrogens is 436 g/mol. The number of aromatic nitrogens is 2. The lowest BCUT2D eigenvalue weighted by molar-refractivity contribution is -0.192. The number of amides is 1. The molecule has 2 aromatic rings. The largest absolute Gasteiger partial charge is 0.490 e. The second-order valence-electron chi connectivity index (χ2n) is 7.16. The Labute approximate surface area is 181 Å². The van der Waals surface area contributed by atoms with Gasteiger partial charge in [-0.3, -0.25) is 9.48 Å². The number of hydrogen-bond donors (Lipinski definition) is 2. The van der Waals surface area contributed by atoms with Crippen LogP contribution in [0.2, 0.25) is 0 Å². The summed E-state index contributed by atoms with van der Waals surface area (Å²) in [5.41, 5.74) is 2.59. The maximum absolute atomic E-state index is 13.7. The fourth-order valence-corrected chi connectivity index (χ4v) is 2.83. The van der Waals surface area contributed by atoms with Crippen LogP contribution in [0.5, 0.6) is 0 Å². The molecule has 1 aliphatic heterocycles. The first kappa shape index (κ1) is 25.3. The van der Waals surface area contributed by atoms with Crippen LogP contribution in [0.15, 0.2) is 30.5 Å². The van der Waals surface area contributed by atoms with Crippen LogP contribution < -0.4 is 5.32 Å². The highest BCUT2D eigenvalue weighted by molar-refractivity contribution is 5.75. The van der Waals surface area contributed by atoms with E-state index in [4.69, 9.17) is 14.6 Å². The molecule has 2 N–H and O–H groups in total. The molecule has 0 aliphatic carbocycles. The molecular formula is C20H24F4N4O4. The summed E-state index contributed by atoms with van der Waals surface area (Å²) in [5.74, 6) is -2.98. The molecule has 0 radical (unpaired) electrons. The Kier molecular flexibility index (Phi) is 8.72. The van der Waals surface area contributed by atoms with Crippen LogP contribution in [0, 0.1) is 5.82 Å². The number of carbonyl (C=O) groups excluding carboxylic acids is 1. The molecule has 2 heterocycles. The van der Waals surface area contributed by atoms with Crippen LogP contribution >= 0.6 is 0 Å². The highest BCUT2D eigenvalue weighted by Gasteiger charge is 2.38. The van der Waals surface area contributed by atoms with E-state index in [-0.39, 0.29) is 24.4 Å². The lowest BCUT2D eigenvalue weighted by Gasteiger charge is -2.22. The lowest BCUT2D eigenvalue weighted by Crippen LogP contribution is -2.28. The van der Waals surface area contributed by atoms with Gasteiger partial charge in [-0.05, 0) is 18.1 Å². The number of carbonyl (C=O) groups is 2. The fourth-order valence-electron chi connectivity index (χ4n) is 2.83. The molecule has 176 valence electrons. The summed E-state index contributed by atoms with van der Waals surface area (Å²) in [4.78, 5) is 22.3. The lowest BCUT2D eigenvalue weighted by atomic mass is 10.1. The Morgan fingerprint density at radius 1 is 1.31 bits per heavy atom. The van der Waals surface area contributed by atoms with Gasteiger partial charge in [-0.25, -0.2) is 9.18 Å². The van der Waals surface area contributed by atoms with Gasteiger partial charge in [0.05, 0.1) is 12.3 Å². The number of alkyl halides is 3. The van der Waals surface area contributed by atoms with Crippen molar-refractivity contribution in [2.75, 3.05) is 27.2 Å². The van der Waals surface area contributed by atoms with Crippen LogP contribution in [0.1, 0.15) is 22.9 Å². The number of rotatable bonds is 6. The highest BCUT2D eigenvalue weighted by Crippen LogP contribution is 2.25. The predicted molar refractivity (Wildman–Crippen MR) is 105 cm³/mol. The molecule has 1 aromatic carbocycles. The first-order chi connectivity index (χ1) is 15.0. The van der Waals surface area contributed by atoms with E-state index in [0.717, 1.165) is 17.7 Å². The number of hydrogen-bond acceptors (Lipinski definition) is 5. The van der Waals surface area contributed by atoms with Crippen molar-refractivity contribution in [1.29, 1.82) is 0 Å². The first-order valence-electron chi connectivity index (χ1n) is 9.61. The zero-order chi connectivity index (χ0) is 23.9. The zero-order valence-electron chi connectivity index (χ0n) is 17.5. The van der Waals surface area contributed by atoms with Crippen molar-refractivity contribution in [3.63, 3.8) is 0 Å². The van der Waals surface area contributed by atoms with Gasteiger partial charge in [0.2, 0.25) is 5.91 Å². The van der Waals surface area contributed by atoms with Gasteiger partial charge in [-0.2, -0.15) is 18.3 Å². The van der Waals surface area contributed by atoms with Crippen LogP contribution in [-0.2, 0) is 33.8 Å². The van der Waals surface area contributed by atoms with E-state index in [1.54, 1.807) is 35.8 Å². The standard InChI is InChI=1S/C18H23FN4O2.C2HF3O2/c1-22(2)17(24)12-23-11-14-7-8-25-16(18(14)21-23)10-20-9-13-5-3-4-6-15(13)19;3-2(4,5)1(6)7/h3-6,11,16,20H,7-10,12H2,1-2H3;(H,6,7). The van der Waals surface area contributed by atoms with Gasteiger partial charge in [0.15, 0.2) is 0 Å². The molecule has 0 saturated heterocycles. The van der Waals surface area contributed by atoms with E-state index >= 15 is 0 Å². The fraction of sp³-hybridized carbons (Fsp3) is 0.450. The van der Waals surface area contributed by atoms with Gasteiger partial charge >= 0.3 is 12.1 Å². The SMILES string of the molecule is CN(C)C(=O)Cn1cc2c(n1)C(CNCc1ccccc1F)OCC2.O=C(O)C(F)(F)F. The van der Waals surface area contributed by atoms with E-state index in [0.29, 0.717) is 25.3 Å². The van der Waals surface area contributed by atoms with E-state index in [1.807, 2.05) is 12.3 Å². The average molecular weight is 460 g/mol. The third kappa shape index (κ3) is 7.31. The normalized spacial score (nSPS) is 15.4. The summed E-state index contributed by atoms with van der Waals surface area (Å²) >= 11 is 0. The summed E-state index contributed by atoms with van der Waals surface area (Å²) in [6, 6.07) is 6.71. The molecule has 1 aromatic heterocycles. The predicted octanol–water partition coefficient (Wildman–Crippen LogP) is 2.15. The molecule has 0 fully saturated rings. The quantitative estimate of drug-likeness (QED) is 0.642. The first-order valence-corrected chi connectivity index (χ1v) is 9.61. The monoisotopic (exact) mass is 460 g/mol. The van der Waals surface area contributed by atoms with E-state index < -0.39 is 12.1 Å². The number of nitrogens with zero attached hydrogens (tertiary/aromatic N) is 3. The number of aliphatic carboxylic acids is 1. The molecule has 0 bridgehead atoms. The van der Waals surface area contributed by atoms with Crippen molar-refractivity contribution >= 4 is 11.9 Å². The Morgan fingerprint density at radius 3 is 2.56 bits per heavy atom. The van der Waals surface area contributed by atoms with Gasteiger partial charge < -0.3 is 20.1 Å². The topological polar surface area (TPSA) is 96.7 Å². The number of benzene rings is 1. The molecule has 8 nitrogen and oxygen atoms in total. The Balaban J connectivity index is 0.000000451. The van der Waals surface area contributed by atoms with Crippen molar-refractivity contribution in [3.05, 3.63) is 53.1 Å². The summed E-state index contributed by atoms with van der Waals surface area (Å²) in [5, 5.41) is 14.9. The van der Waals surface area contributed by atoms with E-state index in [2.05, 4.69) is 10.4 Å². The second kappa shape index (κ2) is 11.0. The Morgan fingerprint density at radius 2 is 1.97 bits per heavy atom. The minimum absolute atomic E-state index is 0.00464. The van der Waals surface area contributed by atoms with Crippen molar-refractivity contribution in [2.45, 2.75) is 31.8 Å². The van der Waals surface area contributed by atoms with Crippen LogP contribution in [0.3, 0.4) is 0 Å². The molecule has 32 heavy (non-hydrogen) atoms. The molecule has 0 saturated carbocycles. The van der Waals surface area contributed by atoms with Gasteiger partial charge in [0.1, 0.15) is 18.5 Å². The molecule has 0 spiro atoms. The van der Waals surface area contributed by atoms with Gasteiger partial charge in [0.25, 0.3) is 0 Å². The maximum Gasteiger partial charge on any atom is 0.490 e. The number of halogens is 4. The maximum atomic E-state index is 13.7. The van der Waals surface area contributed by atoms with Crippen molar-refractivity contribution < 1.29 is 37.0 Å². The average Bonchev–Trinajstić information content (AvgIpc) is 3.12. The summed E-state index contributed by atoms with van der Waals surface area (Å²) in [6.45, 7) is 1.81. The number of likely N-dealkylation sites (N-methyl/N-ethyl adjacent to an activating group) is 1. The minimum Gasteiger partial charge on any atom is -0.475 e. The summed E-state index contributed by atoms with van der Waals surface area (Å²) < 4.78 is 52.9. The van der Waals surface area contributed by atoms with Gasteiger partial charge in [-0.1, -0.05) is 18.2 Å². The number of nitrogens with one attached hydrogen (secondary N) is 1. The molecule has 3 rings (SSSR count). The van der Waals surface area contributed by atoms with Crippen LogP contribution in [-0.4, -0.2) is 65.1 Å².